The van der Waals surface area contributed by atoms with Crippen LogP contribution in [0.1, 0.15) is 20.8 Å². The van der Waals surface area contributed by atoms with E-state index in [1.54, 1.807) is 13.0 Å². The van der Waals surface area contributed by atoms with E-state index < -0.39 is 5.97 Å². The van der Waals surface area contributed by atoms with Crippen LogP contribution in [0.25, 0.3) is 0 Å². The van der Waals surface area contributed by atoms with Gasteiger partial charge in [0.15, 0.2) is 0 Å². The van der Waals surface area contributed by atoms with Crippen LogP contribution >= 0.6 is 0 Å². The SMILES string of the molecule is C=CC(=O)OC(C)COC(C)COC(C)C=C. The summed E-state index contributed by atoms with van der Waals surface area (Å²) in [4.78, 5) is 10.9. The number of esters is 1. The van der Waals surface area contributed by atoms with Crippen molar-refractivity contribution >= 4 is 5.97 Å². The summed E-state index contributed by atoms with van der Waals surface area (Å²) in [5.41, 5.74) is 0. The van der Waals surface area contributed by atoms with E-state index in [1.165, 1.54) is 0 Å². The molecule has 0 amide bonds. The van der Waals surface area contributed by atoms with E-state index in [-0.39, 0.29) is 18.3 Å². The zero-order chi connectivity index (χ0) is 13.3. The second kappa shape index (κ2) is 8.96. The molecule has 0 aliphatic carbocycles. The molecule has 0 rings (SSSR count). The molecule has 4 nitrogen and oxygen atoms in total. The lowest BCUT2D eigenvalue weighted by Gasteiger charge is -2.18. The molecule has 0 aromatic carbocycles. The lowest BCUT2D eigenvalue weighted by atomic mass is 10.3. The Kier molecular flexibility index (Phi) is 8.36. The summed E-state index contributed by atoms with van der Waals surface area (Å²) < 4.78 is 15.9. The summed E-state index contributed by atoms with van der Waals surface area (Å²) in [6.07, 6.45) is 2.52. The Morgan fingerprint density at radius 3 is 2.24 bits per heavy atom. The monoisotopic (exact) mass is 242 g/mol. The third kappa shape index (κ3) is 8.65. The molecule has 0 heterocycles. The molecule has 98 valence electrons. The van der Waals surface area contributed by atoms with Gasteiger partial charge in [-0.15, -0.1) is 6.58 Å². The quantitative estimate of drug-likeness (QED) is 0.353. The van der Waals surface area contributed by atoms with Gasteiger partial charge in [0.2, 0.25) is 0 Å². The highest BCUT2D eigenvalue weighted by atomic mass is 16.6. The first-order valence-corrected chi connectivity index (χ1v) is 5.68. The van der Waals surface area contributed by atoms with Crippen LogP contribution in [-0.2, 0) is 19.0 Å². The van der Waals surface area contributed by atoms with Crippen LogP contribution in [-0.4, -0.2) is 37.5 Å². The fourth-order valence-corrected chi connectivity index (χ4v) is 0.984. The Labute approximate surface area is 103 Å². The molecular formula is C13H22O4. The lowest BCUT2D eigenvalue weighted by molar-refractivity contribution is -0.146. The first kappa shape index (κ1) is 15.9. The molecule has 0 radical (unpaired) electrons. The Bertz CT molecular complexity index is 250. The highest BCUT2D eigenvalue weighted by Gasteiger charge is 2.10. The lowest BCUT2D eigenvalue weighted by Crippen LogP contribution is -2.25. The second-order valence-corrected chi connectivity index (χ2v) is 3.87. The van der Waals surface area contributed by atoms with Crippen molar-refractivity contribution < 1.29 is 19.0 Å². The van der Waals surface area contributed by atoms with Crippen LogP contribution in [0, 0.1) is 0 Å². The minimum absolute atomic E-state index is 0.0112. The zero-order valence-corrected chi connectivity index (χ0v) is 10.8. The summed E-state index contributed by atoms with van der Waals surface area (Å²) >= 11 is 0. The number of hydrogen-bond acceptors (Lipinski definition) is 4. The number of ether oxygens (including phenoxy) is 3. The van der Waals surface area contributed by atoms with Crippen molar-refractivity contribution in [2.45, 2.75) is 39.1 Å². The molecule has 0 aromatic rings. The van der Waals surface area contributed by atoms with Gasteiger partial charge in [-0.2, -0.15) is 0 Å². The Morgan fingerprint density at radius 1 is 1.12 bits per heavy atom. The van der Waals surface area contributed by atoms with E-state index in [9.17, 15) is 4.79 Å². The van der Waals surface area contributed by atoms with Gasteiger partial charge in [-0.3, -0.25) is 0 Å². The third-order valence-electron chi connectivity index (χ3n) is 2.03. The molecule has 3 atom stereocenters. The van der Waals surface area contributed by atoms with Crippen molar-refractivity contribution in [2.75, 3.05) is 13.2 Å². The first-order chi connectivity index (χ1) is 7.99. The summed E-state index contributed by atoms with van der Waals surface area (Å²) in [5.74, 6) is -0.440. The van der Waals surface area contributed by atoms with Gasteiger partial charge in [-0.1, -0.05) is 12.7 Å². The number of carbonyl (C=O) groups excluding carboxylic acids is 1. The Morgan fingerprint density at radius 2 is 1.71 bits per heavy atom. The highest BCUT2D eigenvalue weighted by molar-refractivity contribution is 5.81. The first-order valence-electron chi connectivity index (χ1n) is 5.68. The van der Waals surface area contributed by atoms with Crippen LogP contribution in [0.5, 0.6) is 0 Å². The van der Waals surface area contributed by atoms with Crippen molar-refractivity contribution in [3.8, 4) is 0 Å². The van der Waals surface area contributed by atoms with E-state index >= 15 is 0 Å². The number of rotatable bonds is 9. The van der Waals surface area contributed by atoms with Crippen LogP contribution in [0.2, 0.25) is 0 Å². The van der Waals surface area contributed by atoms with Gasteiger partial charge in [0, 0.05) is 6.08 Å². The maximum atomic E-state index is 10.9. The van der Waals surface area contributed by atoms with E-state index in [1.807, 2.05) is 13.8 Å². The normalized spacial score (nSPS) is 15.7. The highest BCUT2D eigenvalue weighted by Crippen LogP contribution is 2.00. The largest absolute Gasteiger partial charge is 0.457 e. The fourth-order valence-electron chi connectivity index (χ4n) is 0.984. The molecule has 0 fully saturated rings. The summed E-state index contributed by atoms with van der Waals surface area (Å²) in [5, 5.41) is 0. The van der Waals surface area contributed by atoms with Crippen LogP contribution in [0.15, 0.2) is 25.3 Å². The molecular weight excluding hydrogens is 220 g/mol. The maximum Gasteiger partial charge on any atom is 0.330 e. The van der Waals surface area contributed by atoms with Gasteiger partial charge in [-0.05, 0) is 20.8 Å². The summed E-state index contributed by atoms with van der Waals surface area (Å²) in [6.45, 7) is 13.3. The molecule has 0 saturated carbocycles. The molecule has 0 aromatic heterocycles. The number of hydrogen-bond donors (Lipinski definition) is 0. The summed E-state index contributed by atoms with van der Waals surface area (Å²) in [7, 11) is 0. The molecule has 4 heteroatoms. The fraction of sp³-hybridized carbons (Fsp3) is 0.615. The standard InChI is InChI=1S/C13H22O4/c1-6-10(3)15-8-11(4)16-9-12(5)17-13(14)7-2/h6-7,10-12H,1-2,8-9H2,3-5H3. The van der Waals surface area contributed by atoms with Crippen molar-refractivity contribution in [1.29, 1.82) is 0 Å². The van der Waals surface area contributed by atoms with Crippen molar-refractivity contribution in [1.82, 2.24) is 0 Å². The smallest absolute Gasteiger partial charge is 0.330 e. The number of carbonyl (C=O) groups is 1. The molecule has 17 heavy (non-hydrogen) atoms. The van der Waals surface area contributed by atoms with Gasteiger partial charge in [0.25, 0.3) is 0 Å². The van der Waals surface area contributed by atoms with E-state index in [0.29, 0.717) is 13.2 Å². The topological polar surface area (TPSA) is 44.8 Å². The van der Waals surface area contributed by atoms with Crippen LogP contribution in [0.4, 0.5) is 0 Å². The van der Waals surface area contributed by atoms with Gasteiger partial charge in [0.05, 0.1) is 25.4 Å². The van der Waals surface area contributed by atoms with Crippen LogP contribution in [0.3, 0.4) is 0 Å². The Balaban J connectivity index is 3.68. The maximum absolute atomic E-state index is 10.9. The molecule has 3 unspecified atom stereocenters. The minimum atomic E-state index is -0.440. The summed E-state index contributed by atoms with van der Waals surface area (Å²) in [6, 6.07) is 0. The van der Waals surface area contributed by atoms with Crippen molar-refractivity contribution in [3.63, 3.8) is 0 Å². The van der Waals surface area contributed by atoms with Gasteiger partial charge in [-0.25, -0.2) is 4.79 Å². The van der Waals surface area contributed by atoms with Gasteiger partial charge < -0.3 is 14.2 Å². The average Bonchev–Trinajstić information content (AvgIpc) is 2.32. The van der Waals surface area contributed by atoms with Gasteiger partial charge >= 0.3 is 5.97 Å². The zero-order valence-electron chi connectivity index (χ0n) is 10.8. The molecule has 0 saturated heterocycles. The Hall–Kier alpha value is -1.13. The molecule has 0 aliphatic rings. The minimum Gasteiger partial charge on any atom is -0.457 e. The van der Waals surface area contributed by atoms with E-state index in [2.05, 4.69) is 13.2 Å². The van der Waals surface area contributed by atoms with Crippen molar-refractivity contribution in [3.05, 3.63) is 25.3 Å². The van der Waals surface area contributed by atoms with Gasteiger partial charge in [0.1, 0.15) is 6.10 Å². The molecule has 0 bridgehead atoms. The van der Waals surface area contributed by atoms with E-state index in [0.717, 1.165) is 6.08 Å². The molecule has 0 aliphatic heterocycles. The van der Waals surface area contributed by atoms with E-state index in [4.69, 9.17) is 14.2 Å². The predicted molar refractivity (Wildman–Crippen MR) is 66.8 cm³/mol. The molecule has 0 spiro atoms. The van der Waals surface area contributed by atoms with Crippen molar-refractivity contribution in [2.24, 2.45) is 0 Å². The second-order valence-electron chi connectivity index (χ2n) is 3.87. The molecule has 0 N–H and O–H groups in total. The third-order valence-corrected chi connectivity index (χ3v) is 2.03. The van der Waals surface area contributed by atoms with Crippen LogP contribution < -0.4 is 0 Å². The predicted octanol–water partition coefficient (Wildman–Crippen LogP) is 2.10. The average molecular weight is 242 g/mol.